The van der Waals surface area contributed by atoms with Gasteiger partial charge in [0, 0.05) is 12.6 Å². The van der Waals surface area contributed by atoms with Crippen LogP contribution in [0.25, 0.3) is 0 Å². The number of rotatable bonds is 2. The van der Waals surface area contributed by atoms with E-state index in [1.807, 2.05) is 35.2 Å². The molecular formula is C13H16NO. The highest BCUT2D eigenvalue weighted by Crippen LogP contribution is 2.17. The molecule has 1 saturated heterocycles. The van der Waals surface area contributed by atoms with Crippen LogP contribution >= 0.6 is 0 Å². The van der Waals surface area contributed by atoms with Crippen molar-refractivity contribution in [2.45, 2.75) is 25.3 Å². The Morgan fingerprint density at radius 1 is 1.40 bits per heavy atom. The Balaban J connectivity index is 1.98. The van der Waals surface area contributed by atoms with E-state index in [2.05, 4.69) is 6.92 Å². The highest BCUT2D eigenvalue weighted by molar-refractivity contribution is 5.79. The first-order valence-corrected chi connectivity index (χ1v) is 5.44. The zero-order chi connectivity index (χ0) is 10.7. The second-order valence-corrected chi connectivity index (χ2v) is 4.05. The maximum Gasteiger partial charge on any atom is 0.227 e. The monoisotopic (exact) mass is 202 g/mol. The zero-order valence-electron chi connectivity index (χ0n) is 8.86. The second kappa shape index (κ2) is 4.47. The molecule has 1 aromatic carbocycles. The molecule has 0 aliphatic carbocycles. The Kier molecular flexibility index (Phi) is 3.05. The smallest absolute Gasteiger partial charge is 0.227 e. The average Bonchev–Trinajstić information content (AvgIpc) is 2.66. The lowest BCUT2D eigenvalue weighted by Gasteiger charge is -2.21. The van der Waals surface area contributed by atoms with Gasteiger partial charge in [-0.1, -0.05) is 30.3 Å². The lowest BCUT2D eigenvalue weighted by Crippen LogP contribution is -2.34. The molecule has 1 heterocycles. The molecule has 1 aliphatic rings. The molecule has 2 nitrogen and oxygen atoms in total. The minimum atomic E-state index is 0.182. The van der Waals surface area contributed by atoms with Crippen molar-refractivity contribution in [3.05, 3.63) is 42.8 Å². The number of carbonyl (C=O) groups excluding carboxylic acids is 1. The van der Waals surface area contributed by atoms with Crippen LogP contribution in [0.3, 0.4) is 0 Å². The van der Waals surface area contributed by atoms with Crippen molar-refractivity contribution in [3.8, 4) is 0 Å². The van der Waals surface area contributed by atoms with Crippen molar-refractivity contribution < 1.29 is 4.79 Å². The molecular weight excluding hydrogens is 186 g/mol. The summed E-state index contributed by atoms with van der Waals surface area (Å²) in [4.78, 5) is 13.8. The van der Waals surface area contributed by atoms with E-state index in [4.69, 9.17) is 0 Å². The van der Waals surface area contributed by atoms with Crippen LogP contribution in [0.2, 0.25) is 0 Å². The Hall–Kier alpha value is -1.31. The van der Waals surface area contributed by atoms with Crippen LogP contribution in [0.1, 0.15) is 18.4 Å². The van der Waals surface area contributed by atoms with E-state index in [0.717, 1.165) is 24.9 Å². The molecule has 0 N–H and O–H groups in total. The van der Waals surface area contributed by atoms with Crippen LogP contribution in [0.4, 0.5) is 0 Å². The summed E-state index contributed by atoms with van der Waals surface area (Å²) in [5.74, 6) is 0.207. The summed E-state index contributed by atoms with van der Waals surface area (Å²) >= 11 is 0. The Bertz CT molecular complexity index is 334. The topological polar surface area (TPSA) is 20.3 Å². The zero-order valence-corrected chi connectivity index (χ0v) is 8.86. The van der Waals surface area contributed by atoms with Gasteiger partial charge < -0.3 is 4.90 Å². The first kappa shape index (κ1) is 10.2. The van der Waals surface area contributed by atoms with E-state index < -0.39 is 0 Å². The number of likely N-dealkylation sites (tertiary alicyclic amines) is 1. The molecule has 0 saturated carbocycles. The summed E-state index contributed by atoms with van der Waals surface area (Å²) in [6, 6.07) is 10.1. The highest BCUT2D eigenvalue weighted by Gasteiger charge is 2.24. The number of carbonyl (C=O) groups is 1. The van der Waals surface area contributed by atoms with Crippen molar-refractivity contribution in [1.29, 1.82) is 0 Å². The van der Waals surface area contributed by atoms with Crippen molar-refractivity contribution in [2.24, 2.45) is 0 Å². The van der Waals surface area contributed by atoms with E-state index in [1.165, 1.54) is 0 Å². The van der Waals surface area contributed by atoms with Gasteiger partial charge in [-0.05, 0) is 25.3 Å². The normalized spacial score (nSPS) is 20.6. The number of nitrogens with zero attached hydrogens (tertiary/aromatic N) is 1. The molecule has 15 heavy (non-hydrogen) atoms. The molecule has 1 amide bonds. The molecule has 79 valence electrons. The first-order chi connectivity index (χ1) is 7.27. The third kappa shape index (κ3) is 2.38. The predicted octanol–water partition coefficient (Wildman–Crippen LogP) is 2.05. The van der Waals surface area contributed by atoms with Gasteiger partial charge in [-0.25, -0.2) is 0 Å². The molecule has 0 spiro atoms. The van der Waals surface area contributed by atoms with Gasteiger partial charge >= 0.3 is 0 Å². The van der Waals surface area contributed by atoms with E-state index in [-0.39, 0.29) is 11.9 Å². The van der Waals surface area contributed by atoms with E-state index in [9.17, 15) is 4.79 Å². The van der Waals surface area contributed by atoms with Gasteiger partial charge in [-0.15, -0.1) is 0 Å². The second-order valence-electron chi connectivity index (χ2n) is 4.05. The standard InChI is InChI=1S/C13H16NO/c1-11-6-5-9-14(11)13(15)10-12-7-3-2-4-8-12/h2-4,7-8,11H,1,5-6,9-10H2. The largest absolute Gasteiger partial charge is 0.339 e. The van der Waals surface area contributed by atoms with Gasteiger partial charge in [-0.3, -0.25) is 4.79 Å². The summed E-state index contributed by atoms with van der Waals surface area (Å²) < 4.78 is 0. The number of hydrogen-bond donors (Lipinski definition) is 0. The first-order valence-electron chi connectivity index (χ1n) is 5.44. The highest BCUT2D eigenvalue weighted by atomic mass is 16.2. The third-order valence-corrected chi connectivity index (χ3v) is 2.90. The maximum atomic E-state index is 11.9. The predicted molar refractivity (Wildman–Crippen MR) is 60.2 cm³/mol. The molecule has 1 aliphatic heterocycles. The minimum Gasteiger partial charge on any atom is -0.339 e. The van der Waals surface area contributed by atoms with Gasteiger partial charge in [0.1, 0.15) is 0 Å². The van der Waals surface area contributed by atoms with Crippen LogP contribution < -0.4 is 0 Å². The molecule has 1 atom stereocenters. The number of hydrogen-bond acceptors (Lipinski definition) is 1. The van der Waals surface area contributed by atoms with E-state index in [0.29, 0.717) is 6.42 Å². The fourth-order valence-electron chi connectivity index (χ4n) is 2.04. The van der Waals surface area contributed by atoms with Gasteiger partial charge in [0.2, 0.25) is 5.91 Å². The number of amides is 1. The van der Waals surface area contributed by atoms with Crippen LogP contribution in [-0.2, 0) is 11.2 Å². The van der Waals surface area contributed by atoms with Crippen LogP contribution in [-0.4, -0.2) is 23.4 Å². The van der Waals surface area contributed by atoms with Crippen molar-refractivity contribution in [3.63, 3.8) is 0 Å². The molecule has 1 unspecified atom stereocenters. The van der Waals surface area contributed by atoms with Crippen LogP contribution in [0.15, 0.2) is 30.3 Å². The summed E-state index contributed by atoms with van der Waals surface area (Å²) in [5, 5.41) is 0. The quantitative estimate of drug-likeness (QED) is 0.718. The lowest BCUT2D eigenvalue weighted by molar-refractivity contribution is -0.130. The summed E-state index contributed by atoms with van der Waals surface area (Å²) in [5.41, 5.74) is 1.08. The van der Waals surface area contributed by atoms with E-state index in [1.54, 1.807) is 0 Å². The fourth-order valence-corrected chi connectivity index (χ4v) is 2.04. The molecule has 1 aromatic rings. The minimum absolute atomic E-state index is 0.182. The fraction of sp³-hybridized carbons (Fsp3) is 0.385. The Morgan fingerprint density at radius 2 is 2.13 bits per heavy atom. The summed E-state index contributed by atoms with van der Waals surface area (Å²) in [6.45, 7) is 4.86. The molecule has 1 fully saturated rings. The van der Waals surface area contributed by atoms with Gasteiger partial charge in [-0.2, -0.15) is 0 Å². The lowest BCUT2D eigenvalue weighted by atomic mass is 10.1. The van der Waals surface area contributed by atoms with Crippen LogP contribution in [0, 0.1) is 6.92 Å². The SMILES string of the molecule is [CH2]C1CCCN1C(=O)Cc1ccccc1. The van der Waals surface area contributed by atoms with Crippen LogP contribution in [0.5, 0.6) is 0 Å². The maximum absolute atomic E-state index is 11.9. The van der Waals surface area contributed by atoms with Gasteiger partial charge in [0.05, 0.1) is 6.42 Å². The molecule has 2 heteroatoms. The van der Waals surface area contributed by atoms with Gasteiger partial charge in [0.25, 0.3) is 0 Å². The molecule has 0 aromatic heterocycles. The molecule has 1 radical (unpaired) electrons. The van der Waals surface area contributed by atoms with Crippen molar-refractivity contribution in [1.82, 2.24) is 4.90 Å². The summed E-state index contributed by atoms with van der Waals surface area (Å²) in [7, 11) is 0. The number of benzene rings is 1. The van der Waals surface area contributed by atoms with Gasteiger partial charge in [0.15, 0.2) is 0 Å². The molecule has 0 bridgehead atoms. The Morgan fingerprint density at radius 3 is 2.73 bits per heavy atom. The molecule has 2 rings (SSSR count). The Labute approximate surface area is 90.9 Å². The third-order valence-electron chi connectivity index (χ3n) is 2.90. The summed E-state index contributed by atoms with van der Waals surface area (Å²) in [6.07, 6.45) is 2.64. The average molecular weight is 202 g/mol. The van der Waals surface area contributed by atoms with Crippen molar-refractivity contribution in [2.75, 3.05) is 6.54 Å². The van der Waals surface area contributed by atoms with Crippen molar-refractivity contribution >= 4 is 5.91 Å². The van der Waals surface area contributed by atoms with E-state index >= 15 is 0 Å².